The Labute approximate surface area is 182 Å². The average molecular weight is 451 g/mol. The molecule has 4 heterocycles. The SMILES string of the molecule is Cc1cn2c(C3=CNNC3)cnc2c(Nc2cc(CN(CCO)CC(C)(F)F)ns2)n1. The van der Waals surface area contributed by atoms with Crippen molar-refractivity contribution in [2.45, 2.75) is 26.3 Å². The van der Waals surface area contributed by atoms with E-state index in [1.54, 1.807) is 12.3 Å². The van der Waals surface area contributed by atoms with Gasteiger partial charge in [-0.2, -0.15) is 4.37 Å². The summed E-state index contributed by atoms with van der Waals surface area (Å²) in [5.41, 5.74) is 10.2. The number of hydrazine groups is 1. The van der Waals surface area contributed by atoms with E-state index in [0.29, 0.717) is 23.7 Å². The summed E-state index contributed by atoms with van der Waals surface area (Å²) in [6.07, 6.45) is 5.63. The van der Waals surface area contributed by atoms with E-state index in [4.69, 9.17) is 0 Å². The molecule has 0 unspecified atom stereocenters. The number of hydrogen-bond donors (Lipinski definition) is 4. The van der Waals surface area contributed by atoms with E-state index in [-0.39, 0.29) is 19.7 Å². The van der Waals surface area contributed by atoms with Crippen LogP contribution in [0.5, 0.6) is 0 Å². The fraction of sp³-hybridized carbons (Fsp3) is 0.421. The number of halogens is 2. The first-order valence-electron chi connectivity index (χ1n) is 9.78. The van der Waals surface area contributed by atoms with Crippen molar-refractivity contribution >= 4 is 33.6 Å². The predicted octanol–water partition coefficient (Wildman–Crippen LogP) is 2.14. The molecular weight excluding hydrogens is 426 g/mol. The van der Waals surface area contributed by atoms with Crippen LogP contribution in [0.3, 0.4) is 0 Å². The van der Waals surface area contributed by atoms with Crippen molar-refractivity contribution in [2.75, 3.05) is 31.6 Å². The Balaban J connectivity index is 1.54. The van der Waals surface area contributed by atoms with Crippen LogP contribution in [0.15, 0.2) is 24.7 Å². The second-order valence-corrected chi connectivity index (χ2v) is 8.35. The number of nitrogens with zero attached hydrogens (tertiary/aromatic N) is 5. The van der Waals surface area contributed by atoms with Gasteiger partial charge < -0.3 is 15.8 Å². The lowest BCUT2D eigenvalue weighted by atomic mass is 10.2. The van der Waals surface area contributed by atoms with Gasteiger partial charge in [-0.25, -0.2) is 24.2 Å². The van der Waals surface area contributed by atoms with Crippen LogP contribution < -0.4 is 16.2 Å². The van der Waals surface area contributed by atoms with E-state index in [0.717, 1.165) is 28.9 Å². The standard InChI is InChI=1S/C19H24F2N8OS/c1-12-9-29-15(13-6-23-24-7-13)8-22-18(29)17(25-12)26-16-5-14(27-31-16)10-28(3-4-30)11-19(2,20)21/h5-6,8-9,23-24,30H,3-4,7,10-11H2,1-2H3,(H,25,26). The van der Waals surface area contributed by atoms with Crippen molar-refractivity contribution in [2.24, 2.45) is 0 Å². The molecule has 0 amide bonds. The second kappa shape index (κ2) is 8.83. The second-order valence-electron chi connectivity index (χ2n) is 7.55. The normalized spacial score (nSPS) is 14.3. The number of nitrogens with one attached hydrogen (secondary N) is 3. The van der Waals surface area contributed by atoms with Crippen molar-refractivity contribution in [3.8, 4) is 0 Å². The fourth-order valence-electron chi connectivity index (χ4n) is 3.47. The van der Waals surface area contributed by atoms with Gasteiger partial charge in [0.2, 0.25) is 0 Å². The maximum absolute atomic E-state index is 13.4. The minimum atomic E-state index is -2.85. The van der Waals surface area contributed by atoms with Gasteiger partial charge in [-0.3, -0.25) is 9.30 Å². The molecule has 0 aliphatic carbocycles. The summed E-state index contributed by atoms with van der Waals surface area (Å²) in [6.45, 7) is 3.21. The van der Waals surface area contributed by atoms with Crippen LogP contribution in [0.25, 0.3) is 11.2 Å². The monoisotopic (exact) mass is 450 g/mol. The highest BCUT2D eigenvalue weighted by Gasteiger charge is 2.25. The van der Waals surface area contributed by atoms with Gasteiger partial charge in [0.1, 0.15) is 5.00 Å². The summed E-state index contributed by atoms with van der Waals surface area (Å²) < 4.78 is 33.2. The zero-order valence-corrected chi connectivity index (χ0v) is 18.0. The zero-order valence-electron chi connectivity index (χ0n) is 17.2. The number of anilines is 2. The summed E-state index contributed by atoms with van der Waals surface area (Å²) in [5.74, 6) is -2.25. The number of fused-ring (bicyclic) bond motifs is 1. The Bertz CT molecular complexity index is 1090. The first-order valence-corrected chi connectivity index (χ1v) is 10.6. The first-order chi connectivity index (χ1) is 14.8. The third-order valence-electron chi connectivity index (χ3n) is 4.67. The van der Waals surface area contributed by atoms with Gasteiger partial charge in [0.05, 0.1) is 36.4 Å². The summed E-state index contributed by atoms with van der Waals surface area (Å²) >= 11 is 1.22. The van der Waals surface area contributed by atoms with Crippen molar-refractivity contribution in [3.63, 3.8) is 0 Å². The Morgan fingerprint density at radius 2 is 2.26 bits per heavy atom. The van der Waals surface area contributed by atoms with E-state index in [1.165, 1.54) is 16.4 Å². The molecule has 3 aromatic rings. The molecule has 9 nitrogen and oxygen atoms in total. The summed E-state index contributed by atoms with van der Waals surface area (Å²) in [4.78, 5) is 10.6. The minimum Gasteiger partial charge on any atom is -0.395 e. The number of hydrogen-bond acceptors (Lipinski definition) is 9. The summed E-state index contributed by atoms with van der Waals surface area (Å²) in [6, 6.07) is 1.81. The number of aliphatic hydroxyl groups is 1. The van der Waals surface area contributed by atoms with E-state index < -0.39 is 12.5 Å². The molecule has 166 valence electrons. The quantitative estimate of drug-likeness (QED) is 0.393. The Hall–Kier alpha value is -2.67. The van der Waals surface area contributed by atoms with Crippen LogP contribution in [0, 0.1) is 6.92 Å². The lowest BCUT2D eigenvalue weighted by Gasteiger charge is -2.23. The molecule has 0 aromatic carbocycles. The maximum Gasteiger partial charge on any atom is 0.257 e. The molecule has 31 heavy (non-hydrogen) atoms. The number of aromatic nitrogens is 4. The van der Waals surface area contributed by atoms with Gasteiger partial charge >= 0.3 is 0 Å². The molecule has 0 spiro atoms. The Morgan fingerprint density at radius 1 is 1.42 bits per heavy atom. The fourth-order valence-corrected chi connectivity index (χ4v) is 4.13. The highest BCUT2D eigenvalue weighted by atomic mass is 32.1. The molecule has 0 radical (unpaired) electrons. The van der Waals surface area contributed by atoms with Crippen LogP contribution in [0.1, 0.15) is 24.0 Å². The Morgan fingerprint density at radius 3 is 2.97 bits per heavy atom. The molecule has 0 saturated heterocycles. The van der Waals surface area contributed by atoms with Crippen molar-refractivity contribution in [3.05, 3.63) is 41.7 Å². The van der Waals surface area contributed by atoms with Crippen LogP contribution >= 0.6 is 11.5 Å². The molecule has 4 rings (SSSR count). The number of imidazole rings is 1. The number of alkyl halides is 2. The van der Waals surface area contributed by atoms with Crippen LogP contribution in [-0.4, -0.2) is 60.9 Å². The molecule has 4 N–H and O–H groups in total. The first kappa shape index (κ1) is 21.6. The van der Waals surface area contributed by atoms with Crippen LogP contribution in [0.4, 0.5) is 19.6 Å². The molecule has 0 bridgehead atoms. The van der Waals surface area contributed by atoms with E-state index in [1.807, 2.05) is 23.7 Å². The molecule has 3 aromatic heterocycles. The van der Waals surface area contributed by atoms with Crippen LogP contribution in [-0.2, 0) is 6.54 Å². The van der Waals surface area contributed by atoms with Gasteiger partial charge in [-0.15, -0.1) is 0 Å². The highest BCUT2D eigenvalue weighted by Crippen LogP contribution is 2.27. The van der Waals surface area contributed by atoms with Gasteiger partial charge in [-0.1, -0.05) is 0 Å². The van der Waals surface area contributed by atoms with E-state index in [9.17, 15) is 13.9 Å². The van der Waals surface area contributed by atoms with E-state index >= 15 is 0 Å². The zero-order chi connectivity index (χ0) is 22.0. The largest absolute Gasteiger partial charge is 0.395 e. The summed E-state index contributed by atoms with van der Waals surface area (Å²) in [7, 11) is 0. The van der Waals surface area contributed by atoms with E-state index in [2.05, 4.69) is 30.5 Å². The lowest BCUT2D eigenvalue weighted by Crippen LogP contribution is -2.36. The molecule has 1 aliphatic heterocycles. The molecule has 0 atom stereocenters. The topological polar surface area (TPSA) is 103 Å². The third-order valence-corrected chi connectivity index (χ3v) is 5.42. The van der Waals surface area contributed by atoms with Gasteiger partial charge in [0.25, 0.3) is 5.92 Å². The van der Waals surface area contributed by atoms with Crippen molar-refractivity contribution < 1.29 is 13.9 Å². The van der Waals surface area contributed by atoms with Gasteiger partial charge in [0.15, 0.2) is 11.5 Å². The molecule has 1 aliphatic rings. The lowest BCUT2D eigenvalue weighted by molar-refractivity contribution is -0.0200. The van der Waals surface area contributed by atoms with Gasteiger partial charge in [-0.05, 0) is 24.5 Å². The van der Waals surface area contributed by atoms with Crippen molar-refractivity contribution in [1.29, 1.82) is 0 Å². The average Bonchev–Trinajstić information content (AvgIpc) is 3.41. The third kappa shape index (κ3) is 5.15. The predicted molar refractivity (Wildman–Crippen MR) is 115 cm³/mol. The molecular formula is C19H24F2N8OS. The highest BCUT2D eigenvalue weighted by molar-refractivity contribution is 7.10. The smallest absolute Gasteiger partial charge is 0.257 e. The molecule has 0 fully saturated rings. The van der Waals surface area contributed by atoms with Crippen LogP contribution in [0.2, 0.25) is 0 Å². The number of rotatable bonds is 9. The molecule has 12 heteroatoms. The number of aliphatic hydroxyl groups excluding tert-OH is 1. The Kier molecular flexibility index (Phi) is 6.14. The summed E-state index contributed by atoms with van der Waals surface area (Å²) in [5, 5.41) is 13.2. The van der Waals surface area contributed by atoms with Gasteiger partial charge in [0, 0.05) is 44.5 Å². The number of aryl methyl sites for hydroxylation is 1. The maximum atomic E-state index is 13.4. The van der Waals surface area contributed by atoms with Crippen molar-refractivity contribution in [1.82, 2.24) is 34.5 Å². The minimum absolute atomic E-state index is 0.153. The molecule has 0 saturated carbocycles.